The van der Waals surface area contributed by atoms with Gasteiger partial charge in [0.1, 0.15) is 4.32 Å². The number of nitrogens with zero attached hydrogens (tertiary/aromatic N) is 1. The number of benzene rings is 2. The van der Waals surface area contributed by atoms with E-state index in [-0.39, 0.29) is 24.8 Å². The van der Waals surface area contributed by atoms with E-state index in [4.69, 9.17) is 23.8 Å². The third-order valence-electron chi connectivity index (χ3n) is 3.94. The van der Waals surface area contributed by atoms with Gasteiger partial charge in [0, 0.05) is 23.7 Å². The van der Waals surface area contributed by atoms with E-state index in [1.807, 2.05) is 37.3 Å². The van der Waals surface area contributed by atoms with Crippen LogP contribution in [0.3, 0.4) is 0 Å². The van der Waals surface area contributed by atoms with Gasteiger partial charge in [-0.05, 0) is 42.8 Å². The van der Waals surface area contributed by atoms with Crippen molar-refractivity contribution in [3.63, 3.8) is 0 Å². The Kier molecular flexibility index (Phi) is 6.31. The molecular formula is C20H17ClN2O2S2. The van der Waals surface area contributed by atoms with Gasteiger partial charge in [0.2, 0.25) is 5.91 Å². The average molecular weight is 417 g/mol. The minimum Gasteiger partial charge on any atom is -0.326 e. The number of hydrogen-bond donors (Lipinski definition) is 1. The van der Waals surface area contributed by atoms with Gasteiger partial charge in [-0.25, -0.2) is 0 Å². The topological polar surface area (TPSA) is 49.4 Å². The second-order valence-electron chi connectivity index (χ2n) is 6.05. The van der Waals surface area contributed by atoms with Crippen molar-refractivity contribution < 1.29 is 9.59 Å². The van der Waals surface area contributed by atoms with Crippen LogP contribution in [0.25, 0.3) is 6.08 Å². The number of anilines is 1. The zero-order chi connectivity index (χ0) is 19.4. The van der Waals surface area contributed by atoms with Crippen LogP contribution in [0.5, 0.6) is 0 Å². The first-order valence-corrected chi connectivity index (χ1v) is 9.90. The van der Waals surface area contributed by atoms with Gasteiger partial charge in [-0.2, -0.15) is 0 Å². The first kappa shape index (κ1) is 19.6. The molecule has 3 rings (SSSR count). The monoisotopic (exact) mass is 416 g/mol. The molecule has 1 aliphatic heterocycles. The highest BCUT2D eigenvalue weighted by atomic mass is 35.5. The van der Waals surface area contributed by atoms with E-state index in [0.29, 0.717) is 19.9 Å². The molecule has 0 saturated carbocycles. The fraction of sp³-hybridized carbons (Fsp3) is 0.150. The molecule has 27 heavy (non-hydrogen) atoms. The molecule has 138 valence electrons. The van der Waals surface area contributed by atoms with Gasteiger partial charge in [-0.15, -0.1) is 0 Å². The van der Waals surface area contributed by atoms with Crippen LogP contribution in [0.1, 0.15) is 17.5 Å². The first-order chi connectivity index (χ1) is 12.9. The minimum absolute atomic E-state index is 0.160. The van der Waals surface area contributed by atoms with E-state index >= 15 is 0 Å². The molecule has 0 aromatic heterocycles. The highest BCUT2D eigenvalue weighted by Gasteiger charge is 2.32. The summed E-state index contributed by atoms with van der Waals surface area (Å²) in [5, 5.41) is 3.38. The number of aryl methyl sites for hydroxylation is 1. The summed E-state index contributed by atoms with van der Waals surface area (Å²) >= 11 is 12.4. The molecule has 0 radical (unpaired) electrons. The predicted octanol–water partition coefficient (Wildman–Crippen LogP) is 4.88. The number of thiocarbonyl (C=S) groups is 1. The molecule has 0 atom stereocenters. The smallest absolute Gasteiger partial charge is 0.266 e. The van der Waals surface area contributed by atoms with Crippen LogP contribution >= 0.6 is 35.6 Å². The van der Waals surface area contributed by atoms with Crippen LogP contribution in [0.4, 0.5) is 5.69 Å². The maximum Gasteiger partial charge on any atom is 0.266 e. The number of rotatable bonds is 5. The molecule has 4 nitrogen and oxygen atoms in total. The van der Waals surface area contributed by atoms with Crippen molar-refractivity contribution >= 4 is 63.5 Å². The Labute approximate surface area is 172 Å². The van der Waals surface area contributed by atoms with E-state index in [1.165, 1.54) is 16.7 Å². The molecule has 1 aliphatic rings. The molecule has 2 amide bonds. The summed E-state index contributed by atoms with van der Waals surface area (Å²) in [6.45, 7) is 2.26. The lowest BCUT2D eigenvalue weighted by atomic mass is 10.1. The van der Waals surface area contributed by atoms with Crippen LogP contribution in [0, 0.1) is 6.92 Å². The third kappa shape index (κ3) is 5.19. The van der Waals surface area contributed by atoms with Crippen molar-refractivity contribution in [2.45, 2.75) is 13.3 Å². The molecule has 0 spiro atoms. The van der Waals surface area contributed by atoms with Gasteiger partial charge >= 0.3 is 0 Å². The van der Waals surface area contributed by atoms with Gasteiger partial charge < -0.3 is 5.32 Å². The predicted molar refractivity (Wildman–Crippen MR) is 116 cm³/mol. The van der Waals surface area contributed by atoms with Crippen LogP contribution in [-0.4, -0.2) is 27.6 Å². The summed E-state index contributed by atoms with van der Waals surface area (Å²) in [5.41, 5.74) is 2.77. The number of hydrogen-bond acceptors (Lipinski definition) is 4. The Hall–Kier alpha value is -2.15. The Morgan fingerprint density at radius 2 is 1.85 bits per heavy atom. The molecule has 1 N–H and O–H groups in total. The van der Waals surface area contributed by atoms with Crippen LogP contribution in [0.2, 0.25) is 5.02 Å². The Morgan fingerprint density at radius 1 is 1.19 bits per heavy atom. The van der Waals surface area contributed by atoms with Gasteiger partial charge in [0.25, 0.3) is 5.91 Å². The molecule has 2 aromatic rings. The Balaban J connectivity index is 1.59. The molecular weight excluding hydrogens is 400 g/mol. The van der Waals surface area contributed by atoms with Gasteiger partial charge in [-0.1, -0.05) is 65.4 Å². The van der Waals surface area contributed by atoms with E-state index in [9.17, 15) is 9.59 Å². The van der Waals surface area contributed by atoms with Crippen LogP contribution in [0.15, 0.2) is 53.4 Å². The highest BCUT2D eigenvalue weighted by Crippen LogP contribution is 2.32. The van der Waals surface area contributed by atoms with E-state index in [0.717, 1.165) is 11.1 Å². The lowest BCUT2D eigenvalue weighted by Crippen LogP contribution is -2.31. The number of halogens is 1. The second-order valence-corrected chi connectivity index (χ2v) is 8.16. The second kappa shape index (κ2) is 8.69. The van der Waals surface area contributed by atoms with Gasteiger partial charge in [-0.3, -0.25) is 14.5 Å². The molecule has 0 unspecified atom stereocenters. The quantitative estimate of drug-likeness (QED) is 0.557. The van der Waals surface area contributed by atoms with Crippen molar-refractivity contribution in [2.24, 2.45) is 0 Å². The van der Waals surface area contributed by atoms with Gasteiger partial charge in [0.05, 0.1) is 4.91 Å². The summed E-state index contributed by atoms with van der Waals surface area (Å²) in [6.07, 6.45) is 1.99. The summed E-state index contributed by atoms with van der Waals surface area (Å²) < 4.78 is 0.470. The highest BCUT2D eigenvalue weighted by molar-refractivity contribution is 8.26. The third-order valence-corrected chi connectivity index (χ3v) is 5.57. The molecule has 0 bridgehead atoms. The number of carbonyl (C=O) groups is 2. The maximum atomic E-state index is 12.6. The minimum atomic E-state index is -0.186. The lowest BCUT2D eigenvalue weighted by molar-refractivity contribution is -0.122. The van der Waals surface area contributed by atoms with Crippen molar-refractivity contribution in [3.8, 4) is 0 Å². The number of thioether (sulfide) groups is 1. The zero-order valence-electron chi connectivity index (χ0n) is 14.6. The van der Waals surface area contributed by atoms with Crippen LogP contribution < -0.4 is 5.32 Å². The number of nitrogens with one attached hydrogen (secondary N) is 1. The fourth-order valence-electron chi connectivity index (χ4n) is 2.48. The molecule has 1 saturated heterocycles. The first-order valence-electron chi connectivity index (χ1n) is 8.30. The van der Waals surface area contributed by atoms with Crippen molar-refractivity contribution in [1.29, 1.82) is 0 Å². The number of carbonyl (C=O) groups excluding carboxylic acids is 2. The molecule has 0 aliphatic carbocycles. The molecule has 1 heterocycles. The molecule has 7 heteroatoms. The standard InChI is InChI=1S/C20H17ClN2O2S2/c1-13-2-4-14(5-3-13)12-17-19(25)23(20(26)27-17)11-10-18(24)22-16-8-6-15(21)7-9-16/h2-9,12H,10-11H2,1H3,(H,22,24). The number of amides is 2. The summed E-state index contributed by atoms with van der Waals surface area (Å²) in [4.78, 5) is 26.8. The van der Waals surface area contributed by atoms with Crippen LogP contribution in [-0.2, 0) is 9.59 Å². The van der Waals surface area contributed by atoms with Crippen molar-refractivity contribution in [2.75, 3.05) is 11.9 Å². The van der Waals surface area contributed by atoms with E-state index in [2.05, 4.69) is 5.32 Å². The Morgan fingerprint density at radius 3 is 2.52 bits per heavy atom. The molecule has 1 fully saturated rings. The maximum absolute atomic E-state index is 12.6. The molecule has 2 aromatic carbocycles. The van der Waals surface area contributed by atoms with E-state index < -0.39 is 0 Å². The normalized spacial score (nSPS) is 15.5. The lowest BCUT2D eigenvalue weighted by Gasteiger charge is -2.14. The van der Waals surface area contributed by atoms with Gasteiger partial charge in [0.15, 0.2) is 0 Å². The Bertz CT molecular complexity index is 909. The average Bonchev–Trinajstić information content (AvgIpc) is 2.90. The SMILES string of the molecule is Cc1ccc(C=C2SC(=S)N(CCC(=O)Nc3ccc(Cl)cc3)C2=O)cc1. The fourth-order valence-corrected chi connectivity index (χ4v) is 3.91. The van der Waals surface area contributed by atoms with Crippen molar-refractivity contribution in [3.05, 3.63) is 69.6 Å². The summed E-state index contributed by atoms with van der Waals surface area (Å²) in [7, 11) is 0. The zero-order valence-corrected chi connectivity index (χ0v) is 17.0. The summed E-state index contributed by atoms with van der Waals surface area (Å²) in [6, 6.07) is 14.8. The summed E-state index contributed by atoms with van der Waals surface area (Å²) in [5.74, 6) is -0.348. The largest absolute Gasteiger partial charge is 0.326 e. The van der Waals surface area contributed by atoms with Crippen molar-refractivity contribution in [1.82, 2.24) is 4.90 Å². The van der Waals surface area contributed by atoms with E-state index in [1.54, 1.807) is 24.3 Å².